The van der Waals surface area contributed by atoms with Crippen molar-refractivity contribution < 1.29 is 28.6 Å². The van der Waals surface area contributed by atoms with E-state index < -0.39 is 24.0 Å². The second-order valence-corrected chi connectivity index (χ2v) is 11.1. The number of aliphatic hydroxyl groups excluding tert-OH is 1. The number of ether oxygens (including phenoxy) is 1. The lowest BCUT2D eigenvalue weighted by atomic mass is 9.96. The van der Waals surface area contributed by atoms with Crippen LogP contribution in [0.1, 0.15) is 56.3 Å². The second-order valence-electron chi connectivity index (χ2n) is 11.1. The molecule has 2 aliphatic rings. The Kier molecular flexibility index (Phi) is 10.0. The first kappa shape index (κ1) is 30.1. The Labute approximate surface area is 240 Å². The van der Waals surface area contributed by atoms with E-state index in [0.29, 0.717) is 30.2 Å². The van der Waals surface area contributed by atoms with Gasteiger partial charge in [-0.05, 0) is 62.2 Å². The number of halogens is 1. The average Bonchev–Trinajstić information content (AvgIpc) is 2.96. The summed E-state index contributed by atoms with van der Waals surface area (Å²) in [6, 6.07) is 9.14. The van der Waals surface area contributed by atoms with Crippen molar-refractivity contribution in [3.8, 4) is 5.75 Å². The van der Waals surface area contributed by atoms with Crippen LogP contribution in [-0.2, 0) is 0 Å². The normalized spacial score (nSPS) is 20.1. The fraction of sp³-hybridized carbons (Fsp3) is 0.500. The monoisotopic (exact) mass is 569 g/mol. The third kappa shape index (κ3) is 7.87. The number of likely N-dealkylation sites (N-methyl/N-ethyl adjacent to an activating group) is 1. The van der Waals surface area contributed by atoms with Crippen LogP contribution in [0.15, 0.2) is 42.5 Å². The average molecular weight is 570 g/mol. The Morgan fingerprint density at radius 3 is 2.44 bits per heavy atom. The highest BCUT2D eigenvalue weighted by Crippen LogP contribution is 2.31. The summed E-state index contributed by atoms with van der Waals surface area (Å²) in [7, 11) is 1.74. The molecule has 1 saturated carbocycles. The molecule has 1 aliphatic heterocycles. The van der Waals surface area contributed by atoms with E-state index in [0.717, 1.165) is 25.7 Å². The molecule has 11 heteroatoms. The molecule has 0 unspecified atom stereocenters. The first-order valence-electron chi connectivity index (χ1n) is 14.2. The molecular weight excluding hydrogens is 529 g/mol. The van der Waals surface area contributed by atoms with E-state index >= 15 is 0 Å². The number of nitrogens with one attached hydrogen (secondary N) is 3. The van der Waals surface area contributed by atoms with Crippen LogP contribution in [0.5, 0.6) is 5.75 Å². The molecule has 0 aromatic heterocycles. The molecule has 1 aliphatic carbocycles. The number of hydrogen-bond acceptors (Lipinski definition) is 5. The number of anilines is 2. The van der Waals surface area contributed by atoms with Gasteiger partial charge in [0.05, 0.1) is 24.8 Å². The maximum atomic E-state index is 13.7. The highest BCUT2D eigenvalue weighted by Gasteiger charge is 2.34. The number of carbonyl (C=O) groups is 3. The van der Waals surface area contributed by atoms with E-state index in [4.69, 9.17) is 4.74 Å². The second kappa shape index (κ2) is 13.7. The van der Waals surface area contributed by atoms with Gasteiger partial charge in [0.2, 0.25) is 0 Å². The van der Waals surface area contributed by atoms with E-state index in [2.05, 4.69) is 16.0 Å². The van der Waals surface area contributed by atoms with Crippen LogP contribution in [0.3, 0.4) is 0 Å². The van der Waals surface area contributed by atoms with Crippen molar-refractivity contribution in [1.82, 2.24) is 15.1 Å². The third-order valence-corrected chi connectivity index (χ3v) is 7.76. The van der Waals surface area contributed by atoms with Crippen molar-refractivity contribution in [3.63, 3.8) is 0 Å². The summed E-state index contributed by atoms with van der Waals surface area (Å²) in [4.78, 5) is 42.4. The zero-order valence-corrected chi connectivity index (χ0v) is 23.9. The maximum Gasteiger partial charge on any atom is 0.323 e. The molecule has 4 N–H and O–H groups in total. The van der Waals surface area contributed by atoms with E-state index in [1.165, 1.54) is 36.8 Å². The van der Waals surface area contributed by atoms with Crippen LogP contribution >= 0.6 is 0 Å². The van der Waals surface area contributed by atoms with E-state index in [9.17, 15) is 23.9 Å². The molecule has 0 bridgehead atoms. The predicted octanol–water partition coefficient (Wildman–Crippen LogP) is 4.66. The van der Waals surface area contributed by atoms with E-state index in [1.54, 1.807) is 35.9 Å². The fourth-order valence-electron chi connectivity index (χ4n) is 5.23. The summed E-state index contributed by atoms with van der Waals surface area (Å²) in [5.74, 6) is -0.572. The van der Waals surface area contributed by atoms with Gasteiger partial charge in [-0.1, -0.05) is 26.2 Å². The quantitative estimate of drug-likeness (QED) is 0.386. The molecule has 5 amide bonds. The first-order valence-corrected chi connectivity index (χ1v) is 14.2. The molecule has 2 aromatic rings. The van der Waals surface area contributed by atoms with Crippen LogP contribution in [0.25, 0.3) is 0 Å². The molecule has 41 heavy (non-hydrogen) atoms. The number of nitrogens with zero attached hydrogens (tertiary/aromatic N) is 2. The molecule has 3 atom stereocenters. The lowest BCUT2D eigenvalue weighted by Crippen LogP contribution is -2.52. The SMILES string of the molecule is C[C@@H]1CN([C@@H](C)CO)C(=O)c2cc(NC(=O)Nc3ccc(F)cc3)ccc2O[C@H]1CN(C)C(=O)NC1CCCCC1. The molecule has 1 heterocycles. The lowest BCUT2D eigenvalue weighted by Gasteiger charge is -2.38. The van der Waals surface area contributed by atoms with Crippen molar-refractivity contribution in [2.45, 2.75) is 64.1 Å². The maximum absolute atomic E-state index is 13.7. The molecule has 0 radical (unpaired) electrons. The standard InChI is InChI=1S/C30H40FN5O5/c1-19-16-36(20(2)18-37)28(38)25-15-24(33-29(39)32-23-11-9-21(31)10-12-23)13-14-26(25)41-27(19)17-35(3)30(40)34-22-7-5-4-6-8-22/h9-15,19-20,22,27,37H,4-8,16-18H2,1-3H3,(H,34,40)(H2,32,33,39)/t19-,20+,27+/m1/s1. The summed E-state index contributed by atoms with van der Waals surface area (Å²) in [6.45, 7) is 4.12. The zero-order chi connectivity index (χ0) is 29.5. The number of hydrogen-bond donors (Lipinski definition) is 4. The van der Waals surface area contributed by atoms with Gasteiger partial charge in [0.25, 0.3) is 5.91 Å². The molecular formula is C30H40FN5O5. The van der Waals surface area contributed by atoms with Gasteiger partial charge < -0.3 is 35.6 Å². The molecule has 10 nitrogen and oxygen atoms in total. The largest absolute Gasteiger partial charge is 0.487 e. The van der Waals surface area contributed by atoms with Gasteiger partial charge in [-0.25, -0.2) is 14.0 Å². The highest BCUT2D eigenvalue weighted by atomic mass is 19.1. The molecule has 1 fully saturated rings. The van der Waals surface area contributed by atoms with Crippen molar-refractivity contribution in [3.05, 3.63) is 53.8 Å². The number of carbonyl (C=O) groups excluding carboxylic acids is 3. The van der Waals surface area contributed by atoms with Gasteiger partial charge in [-0.3, -0.25) is 4.79 Å². The molecule has 0 spiro atoms. The van der Waals surface area contributed by atoms with Gasteiger partial charge in [0.1, 0.15) is 17.7 Å². The van der Waals surface area contributed by atoms with Crippen molar-refractivity contribution >= 4 is 29.3 Å². The lowest BCUT2D eigenvalue weighted by molar-refractivity contribution is 0.0366. The van der Waals surface area contributed by atoms with E-state index in [-0.39, 0.29) is 36.1 Å². The van der Waals surface area contributed by atoms with Gasteiger partial charge in [0, 0.05) is 36.9 Å². The third-order valence-electron chi connectivity index (χ3n) is 7.76. The first-order chi connectivity index (χ1) is 19.6. The molecule has 2 aromatic carbocycles. The number of urea groups is 2. The number of amides is 5. The van der Waals surface area contributed by atoms with Gasteiger partial charge in [0.15, 0.2) is 0 Å². The van der Waals surface area contributed by atoms with Gasteiger partial charge in [-0.2, -0.15) is 0 Å². The van der Waals surface area contributed by atoms with Crippen LogP contribution in [0, 0.1) is 11.7 Å². The summed E-state index contributed by atoms with van der Waals surface area (Å²) in [6.07, 6.45) is 4.97. The molecule has 0 saturated heterocycles. The summed E-state index contributed by atoms with van der Waals surface area (Å²) >= 11 is 0. The number of benzene rings is 2. The Balaban J connectivity index is 1.52. The van der Waals surface area contributed by atoms with Crippen LogP contribution in [-0.4, -0.2) is 77.8 Å². The van der Waals surface area contributed by atoms with Gasteiger partial charge in [-0.15, -0.1) is 0 Å². The smallest absolute Gasteiger partial charge is 0.323 e. The Hall–Kier alpha value is -3.86. The van der Waals surface area contributed by atoms with Crippen molar-refractivity contribution in [2.75, 3.05) is 37.4 Å². The van der Waals surface area contributed by atoms with Crippen LogP contribution in [0.2, 0.25) is 0 Å². The number of aliphatic hydroxyl groups is 1. The van der Waals surface area contributed by atoms with Crippen molar-refractivity contribution in [1.29, 1.82) is 0 Å². The number of fused-ring (bicyclic) bond motifs is 1. The van der Waals surface area contributed by atoms with E-state index in [1.807, 2.05) is 6.92 Å². The minimum absolute atomic E-state index is 0.148. The van der Waals surface area contributed by atoms with Crippen LogP contribution in [0.4, 0.5) is 25.4 Å². The highest BCUT2D eigenvalue weighted by molar-refractivity contribution is 6.02. The van der Waals surface area contributed by atoms with Crippen molar-refractivity contribution in [2.24, 2.45) is 5.92 Å². The number of rotatable bonds is 7. The van der Waals surface area contributed by atoms with Gasteiger partial charge >= 0.3 is 12.1 Å². The topological polar surface area (TPSA) is 123 Å². The minimum Gasteiger partial charge on any atom is -0.487 e. The summed E-state index contributed by atoms with van der Waals surface area (Å²) in [5.41, 5.74) is 0.994. The predicted molar refractivity (Wildman–Crippen MR) is 155 cm³/mol. The Morgan fingerprint density at radius 1 is 1.10 bits per heavy atom. The summed E-state index contributed by atoms with van der Waals surface area (Å²) < 4.78 is 19.5. The Morgan fingerprint density at radius 2 is 1.76 bits per heavy atom. The summed E-state index contributed by atoms with van der Waals surface area (Å²) in [5, 5.41) is 18.3. The minimum atomic E-state index is -0.562. The molecule has 4 rings (SSSR count). The zero-order valence-electron chi connectivity index (χ0n) is 23.9. The molecule has 222 valence electrons. The Bertz CT molecular complexity index is 1220. The van der Waals surface area contributed by atoms with Crippen LogP contribution < -0.4 is 20.7 Å². The fourth-order valence-corrected chi connectivity index (χ4v) is 5.23.